The number of halogens is 3. The molecule has 2 aromatic rings. The zero-order valence-corrected chi connectivity index (χ0v) is 12.9. The first-order valence-corrected chi connectivity index (χ1v) is 7.53. The van der Waals surface area contributed by atoms with E-state index in [-0.39, 0.29) is 4.83 Å². The van der Waals surface area contributed by atoms with Crippen molar-refractivity contribution < 1.29 is 0 Å². The predicted octanol–water partition coefficient (Wildman–Crippen LogP) is 5.36. The minimum atomic E-state index is 0.250. The normalized spacial score (nSPS) is 12.7. The Morgan fingerprint density at radius 3 is 2.76 bits per heavy atom. The van der Waals surface area contributed by atoms with Crippen LogP contribution in [0.25, 0.3) is 10.6 Å². The molecule has 90 valence electrons. The third kappa shape index (κ3) is 2.99. The van der Waals surface area contributed by atoms with E-state index >= 15 is 0 Å². The lowest BCUT2D eigenvalue weighted by Gasteiger charge is -2.00. The highest BCUT2D eigenvalue weighted by Gasteiger charge is 2.14. The molecule has 0 fully saturated rings. The molecule has 0 N–H and O–H groups in total. The van der Waals surface area contributed by atoms with E-state index in [9.17, 15) is 0 Å². The van der Waals surface area contributed by atoms with E-state index < -0.39 is 0 Å². The van der Waals surface area contributed by atoms with Crippen LogP contribution in [0.1, 0.15) is 23.2 Å². The summed E-state index contributed by atoms with van der Waals surface area (Å²) in [5.74, 6) is 0. The van der Waals surface area contributed by atoms with Crippen molar-refractivity contribution in [2.45, 2.75) is 18.2 Å². The second-order valence-electron chi connectivity index (χ2n) is 3.45. The number of aromatic nitrogens is 2. The molecule has 0 bridgehead atoms. The van der Waals surface area contributed by atoms with Gasteiger partial charge in [0.05, 0.1) is 9.85 Å². The van der Waals surface area contributed by atoms with Gasteiger partial charge in [-0.1, -0.05) is 57.4 Å². The first-order chi connectivity index (χ1) is 8.11. The molecule has 0 aliphatic rings. The van der Waals surface area contributed by atoms with Crippen LogP contribution in [0.4, 0.5) is 0 Å². The predicted molar refractivity (Wildman–Crippen MR) is 77.3 cm³/mol. The number of hydrogen-bond donors (Lipinski definition) is 0. The number of alkyl halides is 1. The first kappa shape index (κ1) is 13.3. The van der Waals surface area contributed by atoms with Crippen LogP contribution in [0, 0.1) is 0 Å². The smallest absolute Gasteiger partial charge is 0.142 e. The van der Waals surface area contributed by atoms with Crippen LogP contribution in [-0.4, -0.2) is 10.2 Å². The monoisotopic (exact) mass is 350 g/mol. The summed E-state index contributed by atoms with van der Waals surface area (Å²) in [6.45, 7) is 2.09. The van der Waals surface area contributed by atoms with Crippen LogP contribution in [0.5, 0.6) is 0 Å². The Morgan fingerprint density at radius 1 is 1.35 bits per heavy atom. The van der Waals surface area contributed by atoms with E-state index in [1.54, 1.807) is 23.5 Å². The summed E-state index contributed by atoms with van der Waals surface area (Å²) in [4.78, 5) is 0.250. The highest BCUT2D eigenvalue weighted by molar-refractivity contribution is 9.09. The Balaban J connectivity index is 2.37. The van der Waals surface area contributed by atoms with Crippen molar-refractivity contribution >= 4 is 50.5 Å². The molecule has 17 heavy (non-hydrogen) atoms. The quantitative estimate of drug-likeness (QED) is 0.696. The van der Waals surface area contributed by atoms with E-state index in [0.29, 0.717) is 10.0 Å². The second kappa shape index (κ2) is 5.65. The fraction of sp³-hybridized carbons (Fsp3) is 0.273. The lowest BCUT2D eigenvalue weighted by atomic mass is 10.2. The molecule has 0 spiro atoms. The summed E-state index contributed by atoms with van der Waals surface area (Å²) >= 11 is 17.1. The zero-order chi connectivity index (χ0) is 12.4. The van der Waals surface area contributed by atoms with Gasteiger partial charge in [-0.2, -0.15) is 0 Å². The van der Waals surface area contributed by atoms with Gasteiger partial charge in [-0.25, -0.2) is 0 Å². The maximum atomic E-state index is 6.13. The Hall–Kier alpha value is -0.160. The second-order valence-corrected chi connectivity index (χ2v) is 6.40. The van der Waals surface area contributed by atoms with Gasteiger partial charge in [0.1, 0.15) is 10.0 Å². The molecular formula is C11H9BrCl2N2S. The molecule has 0 radical (unpaired) electrons. The summed E-state index contributed by atoms with van der Waals surface area (Å²) in [6.07, 6.45) is 0.975. The van der Waals surface area contributed by atoms with Crippen LogP contribution in [0.15, 0.2) is 18.2 Å². The Morgan fingerprint density at radius 2 is 2.12 bits per heavy atom. The minimum Gasteiger partial charge on any atom is -0.142 e. The molecular weight excluding hydrogens is 343 g/mol. The molecule has 0 aliphatic carbocycles. The van der Waals surface area contributed by atoms with Gasteiger partial charge in [0, 0.05) is 10.6 Å². The van der Waals surface area contributed by atoms with E-state index in [2.05, 4.69) is 33.1 Å². The summed E-state index contributed by atoms with van der Waals surface area (Å²) in [5.41, 5.74) is 0.871. The number of rotatable bonds is 3. The van der Waals surface area contributed by atoms with Gasteiger partial charge < -0.3 is 0 Å². The van der Waals surface area contributed by atoms with Gasteiger partial charge in [0.25, 0.3) is 0 Å². The number of nitrogens with zero attached hydrogens (tertiary/aromatic N) is 2. The Bertz CT molecular complexity index is 530. The molecule has 2 rings (SSSR count). The van der Waals surface area contributed by atoms with Crippen molar-refractivity contribution in [2.24, 2.45) is 0 Å². The van der Waals surface area contributed by atoms with Crippen molar-refractivity contribution in [3.63, 3.8) is 0 Å². The summed E-state index contributed by atoms with van der Waals surface area (Å²) in [6, 6.07) is 5.38. The van der Waals surface area contributed by atoms with Crippen molar-refractivity contribution in [3.05, 3.63) is 33.3 Å². The SMILES string of the molecule is CCC(Br)c1nnc(-c2ccc(Cl)cc2Cl)s1. The van der Waals surface area contributed by atoms with Gasteiger partial charge in [0.15, 0.2) is 0 Å². The van der Waals surface area contributed by atoms with Gasteiger partial charge >= 0.3 is 0 Å². The molecule has 1 aromatic heterocycles. The first-order valence-electron chi connectivity index (χ1n) is 5.04. The summed E-state index contributed by atoms with van der Waals surface area (Å²) in [5, 5.41) is 11.3. The highest BCUT2D eigenvalue weighted by Crippen LogP contribution is 2.36. The molecule has 1 aromatic carbocycles. The average molecular weight is 352 g/mol. The standard InChI is InChI=1S/C11H9BrCl2N2S/c1-2-8(12)11-16-15-10(17-11)7-4-3-6(13)5-9(7)14/h3-5,8H,2H2,1H3. The van der Waals surface area contributed by atoms with Crippen LogP contribution in [0.2, 0.25) is 10.0 Å². The highest BCUT2D eigenvalue weighted by atomic mass is 79.9. The van der Waals surface area contributed by atoms with Gasteiger partial charge in [-0.15, -0.1) is 10.2 Å². The molecule has 1 heterocycles. The fourth-order valence-corrected chi connectivity index (χ4v) is 3.18. The average Bonchev–Trinajstić information content (AvgIpc) is 2.77. The van der Waals surface area contributed by atoms with Crippen molar-refractivity contribution in [1.82, 2.24) is 10.2 Å². The number of hydrogen-bond acceptors (Lipinski definition) is 3. The lowest BCUT2D eigenvalue weighted by molar-refractivity contribution is 0.870. The maximum Gasteiger partial charge on any atom is 0.149 e. The van der Waals surface area contributed by atoms with E-state index in [0.717, 1.165) is 22.0 Å². The fourth-order valence-electron chi connectivity index (χ4n) is 1.31. The molecule has 6 heteroatoms. The van der Waals surface area contributed by atoms with Crippen LogP contribution < -0.4 is 0 Å². The van der Waals surface area contributed by atoms with Gasteiger partial charge in [-0.05, 0) is 24.6 Å². The summed E-state index contributed by atoms with van der Waals surface area (Å²) < 4.78 is 0. The zero-order valence-electron chi connectivity index (χ0n) is 8.95. The third-order valence-corrected chi connectivity index (χ3v) is 5.23. The summed E-state index contributed by atoms with van der Waals surface area (Å²) in [7, 11) is 0. The molecule has 1 unspecified atom stereocenters. The van der Waals surface area contributed by atoms with E-state index in [4.69, 9.17) is 23.2 Å². The van der Waals surface area contributed by atoms with Crippen LogP contribution in [0.3, 0.4) is 0 Å². The number of benzene rings is 1. The molecule has 0 saturated carbocycles. The molecule has 0 saturated heterocycles. The molecule has 0 amide bonds. The van der Waals surface area contributed by atoms with Crippen LogP contribution >= 0.6 is 50.5 Å². The molecule has 1 atom stereocenters. The minimum absolute atomic E-state index is 0.250. The van der Waals surface area contributed by atoms with Crippen LogP contribution in [-0.2, 0) is 0 Å². The topological polar surface area (TPSA) is 25.8 Å². The van der Waals surface area contributed by atoms with E-state index in [1.807, 2.05) is 6.07 Å². The van der Waals surface area contributed by atoms with Crippen molar-refractivity contribution in [1.29, 1.82) is 0 Å². The largest absolute Gasteiger partial charge is 0.149 e. The van der Waals surface area contributed by atoms with E-state index in [1.165, 1.54) is 0 Å². The lowest BCUT2D eigenvalue weighted by Crippen LogP contribution is -1.84. The molecule has 2 nitrogen and oxygen atoms in total. The Kier molecular flexibility index (Phi) is 4.42. The van der Waals surface area contributed by atoms with Gasteiger partial charge in [-0.3, -0.25) is 0 Å². The van der Waals surface area contributed by atoms with Crippen molar-refractivity contribution in [3.8, 4) is 10.6 Å². The third-order valence-electron chi connectivity index (χ3n) is 2.23. The van der Waals surface area contributed by atoms with Gasteiger partial charge in [0.2, 0.25) is 0 Å². The Labute approximate surface area is 122 Å². The maximum absolute atomic E-state index is 6.13. The molecule has 0 aliphatic heterocycles. The van der Waals surface area contributed by atoms with Crippen molar-refractivity contribution in [2.75, 3.05) is 0 Å².